The van der Waals surface area contributed by atoms with Crippen LogP contribution in [0, 0.1) is 20.8 Å². The summed E-state index contributed by atoms with van der Waals surface area (Å²) in [6.45, 7) is 8.04. The Labute approximate surface area is 141 Å². The molecule has 0 aliphatic carbocycles. The van der Waals surface area contributed by atoms with Crippen LogP contribution < -0.4 is 0 Å². The first-order valence-electron chi connectivity index (χ1n) is 8.01. The summed E-state index contributed by atoms with van der Waals surface area (Å²) in [6, 6.07) is 8.34. The Morgan fingerprint density at radius 2 is 1.92 bits per heavy atom. The smallest absolute Gasteiger partial charge is 0.358 e. The van der Waals surface area contributed by atoms with Gasteiger partial charge in [-0.3, -0.25) is 0 Å². The second kappa shape index (κ2) is 6.07. The molecule has 124 valence electrons. The quantitative estimate of drug-likeness (QED) is 0.690. The molecule has 0 saturated carbocycles. The van der Waals surface area contributed by atoms with Gasteiger partial charge in [0.15, 0.2) is 11.3 Å². The second-order valence-electron chi connectivity index (χ2n) is 6.01. The molecule has 0 amide bonds. The highest BCUT2D eigenvalue weighted by Crippen LogP contribution is 2.29. The Kier molecular flexibility index (Phi) is 4.09. The maximum atomic E-state index is 12.2. The molecule has 2 heterocycles. The van der Waals surface area contributed by atoms with Crippen LogP contribution in [0.3, 0.4) is 0 Å². The molecule has 0 unspecified atom stereocenters. The van der Waals surface area contributed by atoms with Gasteiger partial charge in [-0.15, -0.1) is 0 Å². The largest absolute Gasteiger partial charge is 0.464 e. The molecule has 0 N–H and O–H groups in total. The van der Waals surface area contributed by atoms with E-state index in [2.05, 4.69) is 42.1 Å². The van der Waals surface area contributed by atoms with Crippen LogP contribution in [0.4, 0.5) is 0 Å². The van der Waals surface area contributed by atoms with Gasteiger partial charge < -0.3 is 4.74 Å². The molecule has 3 rings (SSSR count). The van der Waals surface area contributed by atoms with Crippen molar-refractivity contribution in [2.45, 2.75) is 34.1 Å². The van der Waals surface area contributed by atoms with Crippen molar-refractivity contribution in [1.82, 2.24) is 14.6 Å². The normalized spacial score (nSPS) is 11.0. The Bertz CT molecular complexity index is 941. The van der Waals surface area contributed by atoms with Crippen LogP contribution in [0.1, 0.15) is 39.9 Å². The molecule has 0 fully saturated rings. The summed E-state index contributed by atoms with van der Waals surface area (Å²) in [4.78, 5) is 16.9. The van der Waals surface area contributed by atoms with Crippen molar-refractivity contribution in [3.8, 4) is 11.1 Å². The van der Waals surface area contributed by atoms with Crippen LogP contribution in [0.5, 0.6) is 0 Å². The van der Waals surface area contributed by atoms with E-state index in [1.165, 1.54) is 18.2 Å². The zero-order valence-electron chi connectivity index (χ0n) is 14.7. The van der Waals surface area contributed by atoms with E-state index in [1.807, 2.05) is 19.9 Å². The molecule has 0 aliphatic heterocycles. The Balaban J connectivity index is 2.37. The number of benzene rings is 1. The van der Waals surface area contributed by atoms with Gasteiger partial charge in [0.2, 0.25) is 0 Å². The van der Waals surface area contributed by atoms with Crippen LogP contribution in [0.25, 0.3) is 16.8 Å². The second-order valence-corrected chi connectivity index (χ2v) is 6.01. The number of ether oxygens (including phenoxy) is 1. The van der Waals surface area contributed by atoms with Crippen molar-refractivity contribution < 1.29 is 9.53 Å². The number of aryl methyl sites for hydroxylation is 4. The highest BCUT2D eigenvalue weighted by Gasteiger charge is 2.22. The molecular formula is C19H21N3O2. The van der Waals surface area contributed by atoms with E-state index >= 15 is 0 Å². The van der Waals surface area contributed by atoms with E-state index in [4.69, 9.17) is 4.74 Å². The van der Waals surface area contributed by atoms with Crippen molar-refractivity contribution in [2.75, 3.05) is 7.11 Å². The standard InChI is InChI=1S/C19H21N3O2/c1-6-16-17(19(23)24-5)22-18(20-16)15(10-13(4)21-22)14-8-7-11(2)9-12(14)3/h7-10H,6H2,1-5H3. The number of nitrogens with zero attached hydrogens (tertiary/aromatic N) is 3. The van der Waals surface area contributed by atoms with E-state index in [9.17, 15) is 4.79 Å². The SMILES string of the molecule is CCc1nc2c(-c3ccc(C)cc3C)cc(C)nn2c1C(=O)OC. The Morgan fingerprint density at radius 3 is 2.54 bits per heavy atom. The highest BCUT2D eigenvalue weighted by molar-refractivity contribution is 5.91. The molecular weight excluding hydrogens is 302 g/mol. The number of esters is 1. The van der Waals surface area contributed by atoms with Gasteiger partial charge in [0.1, 0.15) is 0 Å². The van der Waals surface area contributed by atoms with Gasteiger partial charge in [0.05, 0.1) is 18.5 Å². The van der Waals surface area contributed by atoms with Gasteiger partial charge in [-0.2, -0.15) is 5.10 Å². The fourth-order valence-electron chi connectivity index (χ4n) is 3.05. The summed E-state index contributed by atoms with van der Waals surface area (Å²) in [5.41, 5.74) is 7.07. The molecule has 0 radical (unpaired) electrons. The van der Waals surface area contributed by atoms with E-state index < -0.39 is 5.97 Å². The molecule has 5 heteroatoms. The number of carbonyl (C=O) groups excluding carboxylic acids is 1. The molecule has 0 spiro atoms. The van der Waals surface area contributed by atoms with Crippen LogP contribution >= 0.6 is 0 Å². The van der Waals surface area contributed by atoms with Crippen LogP contribution in [-0.2, 0) is 11.2 Å². The van der Waals surface area contributed by atoms with Crippen LogP contribution in [-0.4, -0.2) is 27.7 Å². The fourth-order valence-corrected chi connectivity index (χ4v) is 3.05. The van der Waals surface area contributed by atoms with Gasteiger partial charge >= 0.3 is 5.97 Å². The molecule has 0 saturated heterocycles. The van der Waals surface area contributed by atoms with Crippen molar-refractivity contribution >= 4 is 11.6 Å². The van der Waals surface area contributed by atoms with Crippen molar-refractivity contribution in [3.05, 3.63) is 52.5 Å². The molecule has 0 bridgehead atoms. The van der Waals surface area contributed by atoms with Gasteiger partial charge in [-0.25, -0.2) is 14.3 Å². The summed E-state index contributed by atoms with van der Waals surface area (Å²) >= 11 is 0. The van der Waals surface area contributed by atoms with E-state index in [0.717, 1.165) is 16.8 Å². The van der Waals surface area contributed by atoms with Crippen molar-refractivity contribution in [1.29, 1.82) is 0 Å². The number of aromatic nitrogens is 3. The number of rotatable bonds is 3. The number of hydrogen-bond acceptors (Lipinski definition) is 4. The summed E-state index contributed by atoms with van der Waals surface area (Å²) in [7, 11) is 1.38. The van der Waals surface area contributed by atoms with Crippen molar-refractivity contribution in [3.63, 3.8) is 0 Å². The Morgan fingerprint density at radius 1 is 1.17 bits per heavy atom. The van der Waals surface area contributed by atoms with Crippen LogP contribution in [0.2, 0.25) is 0 Å². The first-order valence-corrected chi connectivity index (χ1v) is 8.01. The summed E-state index contributed by atoms with van der Waals surface area (Å²) in [6.07, 6.45) is 0.638. The predicted octanol–water partition coefficient (Wildman–Crippen LogP) is 3.67. The minimum Gasteiger partial charge on any atom is -0.464 e. The number of fused-ring (bicyclic) bond motifs is 1. The predicted molar refractivity (Wildman–Crippen MR) is 93.4 cm³/mol. The molecule has 1 aromatic carbocycles. The first-order chi connectivity index (χ1) is 11.5. The third-order valence-corrected chi connectivity index (χ3v) is 4.16. The average Bonchev–Trinajstić information content (AvgIpc) is 2.92. The van der Waals surface area contributed by atoms with Gasteiger partial charge in [0.25, 0.3) is 0 Å². The fraction of sp³-hybridized carbons (Fsp3) is 0.316. The lowest BCUT2D eigenvalue weighted by Crippen LogP contribution is -2.10. The van der Waals surface area contributed by atoms with Gasteiger partial charge in [-0.1, -0.05) is 30.7 Å². The zero-order valence-corrected chi connectivity index (χ0v) is 14.7. The van der Waals surface area contributed by atoms with Gasteiger partial charge in [-0.05, 0) is 44.4 Å². The molecule has 0 aliphatic rings. The number of carbonyl (C=O) groups is 1. The van der Waals surface area contributed by atoms with E-state index in [-0.39, 0.29) is 0 Å². The number of imidazole rings is 1. The third-order valence-electron chi connectivity index (χ3n) is 4.16. The molecule has 24 heavy (non-hydrogen) atoms. The lowest BCUT2D eigenvalue weighted by molar-refractivity contribution is 0.0590. The van der Waals surface area contributed by atoms with Gasteiger partial charge in [0, 0.05) is 5.56 Å². The average molecular weight is 323 g/mol. The molecule has 5 nitrogen and oxygen atoms in total. The van der Waals surface area contributed by atoms with Crippen LogP contribution in [0.15, 0.2) is 24.3 Å². The van der Waals surface area contributed by atoms with E-state index in [0.29, 0.717) is 23.5 Å². The summed E-state index contributed by atoms with van der Waals surface area (Å²) in [5, 5.41) is 4.50. The number of hydrogen-bond donors (Lipinski definition) is 0. The molecule has 0 atom stereocenters. The summed E-state index contributed by atoms with van der Waals surface area (Å²) in [5.74, 6) is -0.413. The highest BCUT2D eigenvalue weighted by atomic mass is 16.5. The minimum absolute atomic E-state index is 0.407. The monoisotopic (exact) mass is 323 g/mol. The van der Waals surface area contributed by atoms with Crippen molar-refractivity contribution in [2.24, 2.45) is 0 Å². The minimum atomic E-state index is -0.413. The number of methoxy groups -OCH3 is 1. The zero-order chi connectivity index (χ0) is 17.4. The maximum absolute atomic E-state index is 12.2. The summed E-state index contributed by atoms with van der Waals surface area (Å²) < 4.78 is 6.55. The molecule has 2 aromatic heterocycles. The lowest BCUT2D eigenvalue weighted by atomic mass is 9.99. The third kappa shape index (κ3) is 2.56. The maximum Gasteiger partial charge on any atom is 0.358 e. The van der Waals surface area contributed by atoms with E-state index in [1.54, 1.807) is 4.52 Å². The Hall–Kier alpha value is -2.69. The topological polar surface area (TPSA) is 56.5 Å². The molecule has 3 aromatic rings. The lowest BCUT2D eigenvalue weighted by Gasteiger charge is -2.10. The first kappa shape index (κ1) is 16.2.